The Kier molecular flexibility index (Phi) is 0.883. The van der Waals surface area contributed by atoms with Gasteiger partial charge in [0, 0.05) is 5.54 Å². The fourth-order valence-electron chi connectivity index (χ4n) is 2.54. The van der Waals surface area contributed by atoms with Gasteiger partial charge in [-0.2, -0.15) is 5.26 Å². The van der Waals surface area contributed by atoms with Gasteiger partial charge in [-0.3, -0.25) is 5.32 Å². The average Bonchev–Trinajstić information content (AvgIpc) is 2.88. The molecule has 1 aliphatic heterocycles. The highest BCUT2D eigenvalue weighted by atomic mass is 15.1. The van der Waals surface area contributed by atoms with Crippen LogP contribution in [0.2, 0.25) is 0 Å². The van der Waals surface area contributed by atoms with Crippen molar-refractivity contribution < 1.29 is 0 Å². The van der Waals surface area contributed by atoms with Crippen molar-refractivity contribution in [2.45, 2.75) is 37.3 Å². The number of hydrogen-bond donors (Lipinski definition) is 1. The molecule has 0 aromatic rings. The van der Waals surface area contributed by atoms with E-state index < -0.39 is 0 Å². The maximum Gasteiger partial charge on any atom is 0.0988 e. The molecule has 1 heterocycles. The molecule has 2 saturated carbocycles. The minimum Gasteiger partial charge on any atom is -0.296 e. The van der Waals surface area contributed by atoms with Crippen LogP contribution in [0, 0.1) is 23.2 Å². The molecule has 0 amide bonds. The number of hydrogen-bond acceptors (Lipinski definition) is 2. The lowest BCUT2D eigenvalue weighted by Crippen LogP contribution is -2.44. The molecular formula is C9H12N2. The largest absolute Gasteiger partial charge is 0.296 e. The van der Waals surface area contributed by atoms with Crippen LogP contribution in [-0.4, -0.2) is 11.6 Å². The second kappa shape index (κ2) is 1.61. The second-order valence-corrected chi connectivity index (χ2v) is 4.40. The van der Waals surface area contributed by atoms with Crippen LogP contribution in [-0.2, 0) is 0 Å². The Labute approximate surface area is 66.6 Å². The Morgan fingerprint density at radius 2 is 2.27 bits per heavy atom. The van der Waals surface area contributed by atoms with Crippen LogP contribution >= 0.6 is 0 Å². The van der Waals surface area contributed by atoms with E-state index in [1.807, 2.05) is 0 Å². The normalized spacial score (nSPS) is 49.5. The van der Waals surface area contributed by atoms with E-state index in [9.17, 15) is 0 Å². The smallest absolute Gasteiger partial charge is 0.0988 e. The summed E-state index contributed by atoms with van der Waals surface area (Å²) >= 11 is 0. The Morgan fingerprint density at radius 3 is 2.91 bits per heavy atom. The molecule has 2 nitrogen and oxygen atoms in total. The molecule has 1 spiro atoms. The van der Waals surface area contributed by atoms with Crippen molar-refractivity contribution in [3.8, 4) is 6.07 Å². The highest BCUT2D eigenvalue weighted by Crippen LogP contribution is 2.56. The van der Waals surface area contributed by atoms with Gasteiger partial charge in [-0.15, -0.1) is 0 Å². The fourth-order valence-corrected chi connectivity index (χ4v) is 2.54. The predicted molar refractivity (Wildman–Crippen MR) is 40.7 cm³/mol. The van der Waals surface area contributed by atoms with Gasteiger partial charge >= 0.3 is 0 Å². The van der Waals surface area contributed by atoms with Crippen molar-refractivity contribution in [1.82, 2.24) is 5.32 Å². The summed E-state index contributed by atoms with van der Waals surface area (Å²) in [4.78, 5) is 0. The first-order valence-electron chi connectivity index (χ1n) is 4.50. The van der Waals surface area contributed by atoms with Gasteiger partial charge in [0.15, 0.2) is 0 Å². The van der Waals surface area contributed by atoms with Crippen molar-refractivity contribution in [2.24, 2.45) is 11.8 Å². The standard InChI is InChI=1S/C9H12N2/c10-5-8-7-3-6(7)4-9(11-8)1-2-9/h6-8,11H,1-4H2. The highest BCUT2D eigenvalue weighted by molar-refractivity contribution is 5.19. The molecule has 58 valence electrons. The number of nitrogens with one attached hydrogen (secondary N) is 1. The van der Waals surface area contributed by atoms with Crippen molar-refractivity contribution in [3.63, 3.8) is 0 Å². The fraction of sp³-hybridized carbons (Fsp3) is 0.889. The van der Waals surface area contributed by atoms with Gasteiger partial charge in [0.05, 0.1) is 12.1 Å². The van der Waals surface area contributed by atoms with Gasteiger partial charge in [0.1, 0.15) is 0 Å². The van der Waals surface area contributed by atoms with Crippen LogP contribution in [0.5, 0.6) is 0 Å². The van der Waals surface area contributed by atoms with Crippen molar-refractivity contribution in [3.05, 3.63) is 0 Å². The van der Waals surface area contributed by atoms with E-state index in [1.165, 1.54) is 25.7 Å². The molecule has 0 bridgehead atoms. The average molecular weight is 148 g/mol. The molecule has 1 saturated heterocycles. The summed E-state index contributed by atoms with van der Waals surface area (Å²) in [6.45, 7) is 0. The minimum absolute atomic E-state index is 0.191. The summed E-state index contributed by atoms with van der Waals surface area (Å²) < 4.78 is 0. The summed E-state index contributed by atoms with van der Waals surface area (Å²) in [5, 5.41) is 12.3. The van der Waals surface area contributed by atoms with E-state index in [0.29, 0.717) is 11.5 Å². The topological polar surface area (TPSA) is 35.8 Å². The summed E-state index contributed by atoms with van der Waals surface area (Å²) in [5.74, 6) is 1.62. The summed E-state index contributed by atoms with van der Waals surface area (Å²) in [7, 11) is 0. The third kappa shape index (κ3) is 0.750. The van der Waals surface area contributed by atoms with Crippen molar-refractivity contribution >= 4 is 0 Å². The molecule has 1 N–H and O–H groups in total. The van der Waals surface area contributed by atoms with Crippen LogP contribution in [0.15, 0.2) is 0 Å². The summed E-state index contributed by atoms with van der Waals surface area (Å²) in [6, 6.07) is 2.57. The third-order valence-electron chi connectivity index (χ3n) is 3.51. The number of nitrogens with zero attached hydrogens (tertiary/aromatic N) is 1. The van der Waals surface area contributed by atoms with E-state index in [1.54, 1.807) is 0 Å². The lowest BCUT2D eigenvalue weighted by Gasteiger charge is -2.26. The third-order valence-corrected chi connectivity index (χ3v) is 3.51. The molecule has 0 radical (unpaired) electrons. The minimum atomic E-state index is 0.191. The van der Waals surface area contributed by atoms with Crippen LogP contribution in [0.3, 0.4) is 0 Å². The summed E-state index contributed by atoms with van der Waals surface area (Å²) in [5.41, 5.74) is 0.443. The van der Waals surface area contributed by atoms with Crippen LogP contribution in [0.25, 0.3) is 0 Å². The molecule has 3 unspecified atom stereocenters. The highest BCUT2D eigenvalue weighted by Gasteiger charge is 2.58. The number of nitriles is 1. The van der Waals surface area contributed by atoms with Gasteiger partial charge in [-0.05, 0) is 37.5 Å². The first kappa shape index (κ1) is 6.02. The van der Waals surface area contributed by atoms with Crippen LogP contribution in [0.1, 0.15) is 25.7 Å². The Hall–Kier alpha value is -0.550. The quantitative estimate of drug-likeness (QED) is 0.557. The van der Waals surface area contributed by atoms with Crippen LogP contribution < -0.4 is 5.32 Å². The maximum absolute atomic E-state index is 8.84. The molecule has 2 heteroatoms. The molecule has 0 aromatic heterocycles. The Bertz CT molecular complexity index is 236. The number of piperidine rings is 1. The predicted octanol–water partition coefficient (Wildman–Crippen LogP) is 1.04. The molecule has 3 atom stereocenters. The van der Waals surface area contributed by atoms with E-state index in [4.69, 9.17) is 5.26 Å². The van der Waals surface area contributed by atoms with Crippen LogP contribution in [0.4, 0.5) is 0 Å². The SMILES string of the molecule is N#CC1NC2(CC2)CC2CC21. The molecule has 3 rings (SSSR count). The van der Waals surface area contributed by atoms with Gasteiger partial charge in [0.25, 0.3) is 0 Å². The number of rotatable bonds is 0. The molecule has 3 aliphatic rings. The first-order chi connectivity index (χ1) is 5.33. The van der Waals surface area contributed by atoms with E-state index in [0.717, 1.165) is 5.92 Å². The molecule has 3 fully saturated rings. The molecule has 0 aromatic carbocycles. The lowest BCUT2D eigenvalue weighted by molar-refractivity contribution is 0.328. The lowest BCUT2D eigenvalue weighted by atomic mass is 9.98. The molecule has 11 heavy (non-hydrogen) atoms. The zero-order valence-corrected chi connectivity index (χ0v) is 6.51. The molecule has 2 aliphatic carbocycles. The zero-order valence-electron chi connectivity index (χ0n) is 6.51. The zero-order chi connectivity index (χ0) is 7.47. The first-order valence-corrected chi connectivity index (χ1v) is 4.50. The Balaban J connectivity index is 1.83. The van der Waals surface area contributed by atoms with Crippen molar-refractivity contribution in [1.29, 1.82) is 5.26 Å². The van der Waals surface area contributed by atoms with E-state index in [2.05, 4.69) is 11.4 Å². The summed E-state index contributed by atoms with van der Waals surface area (Å²) in [6.07, 6.45) is 5.30. The van der Waals surface area contributed by atoms with Crippen molar-refractivity contribution in [2.75, 3.05) is 0 Å². The van der Waals surface area contributed by atoms with E-state index >= 15 is 0 Å². The van der Waals surface area contributed by atoms with Gasteiger partial charge in [-0.1, -0.05) is 0 Å². The maximum atomic E-state index is 8.84. The Morgan fingerprint density at radius 1 is 1.45 bits per heavy atom. The van der Waals surface area contributed by atoms with Gasteiger partial charge in [0.2, 0.25) is 0 Å². The number of fused-ring (bicyclic) bond motifs is 1. The molecular weight excluding hydrogens is 136 g/mol. The van der Waals surface area contributed by atoms with Gasteiger partial charge in [-0.25, -0.2) is 0 Å². The van der Waals surface area contributed by atoms with E-state index in [-0.39, 0.29) is 6.04 Å². The monoisotopic (exact) mass is 148 g/mol. The van der Waals surface area contributed by atoms with Gasteiger partial charge < -0.3 is 0 Å². The second-order valence-electron chi connectivity index (χ2n) is 4.40.